The first kappa shape index (κ1) is 15.9. The molecule has 1 aromatic carbocycles. The van der Waals surface area contributed by atoms with Gasteiger partial charge in [-0.25, -0.2) is 0 Å². The van der Waals surface area contributed by atoms with Gasteiger partial charge in [-0.2, -0.15) is 17.4 Å². The molecular formula is C16H24N2O3S. The lowest BCUT2D eigenvalue weighted by Gasteiger charge is -2.35. The van der Waals surface area contributed by atoms with Gasteiger partial charge in [0.25, 0.3) is 10.2 Å². The Kier molecular flexibility index (Phi) is 4.54. The van der Waals surface area contributed by atoms with Gasteiger partial charge in [0, 0.05) is 13.1 Å². The van der Waals surface area contributed by atoms with Crippen molar-refractivity contribution in [2.75, 3.05) is 13.1 Å². The molecule has 0 spiro atoms. The third-order valence-corrected chi connectivity index (χ3v) is 5.78. The van der Waals surface area contributed by atoms with E-state index < -0.39 is 10.2 Å². The summed E-state index contributed by atoms with van der Waals surface area (Å²) in [4.78, 5) is 0. The Morgan fingerprint density at radius 2 is 1.73 bits per heavy atom. The second-order valence-electron chi connectivity index (χ2n) is 6.42. The van der Waals surface area contributed by atoms with Gasteiger partial charge in [0.1, 0.15) is 0 Å². The normalized spacial score (nSPS) is 28.5. The predicted molar refractivity (Wildman–Crippen MR) is 85.5 cm³/mol. The summed E-state index contributed by atoms with van der Waals surface area (Å²) >= 11 is 0. The second-order valence-corrected chi connectivity index (χ2v) is 8.13. The van der Waals surface area contributed by atoms with E-state index in [1.54, 1.807) is 0 Å². The number of nitrogens with one attached hydrogen (secondary N) is 1. The Balaban J connectivity index is 1.77. The van der Waals surface area contributed by atoms with Crippen LogP contribution in [0, 0.1) is 5.92 Å². The van der Waals surface area contributed by atoms with Gasteiger partial charge in [-0.3, -0.25) is 0 Å². The van der Waals surface area contributed by atoms with Crippen LogP contribution < -0.4 is 4.72 Å². The van der Waals surface area contributed by atoms with Crippen LogP contribution in [0.4, 0.5) is 0 Å². The van der Waals surface area contributed by atoms with E-state index in [2.05, 4.69) is 4.72 Å². The average Bonchev–Trinajstić information content (AvgIpc) is 3.29. The number of morpholine rings is 1. The van der Waals surface area contributed by atoms with E-state index in [0.717, 1.165) is 18.4 Å². The second kappa shape index (κ2) is 6.28. The topological polar surface area (TPSA) is 58.6 Å². The maximum Gasteiger partial charge on any atom is 0.280 e. The fourth-order valence-electron chi connectivity index (χ4n) is 3.09. The summed E-state index contributed by atoms with van der Waals surface area (Å²) in [6.07, 6.45) is 2.02. The van der Waals surface area contributed by atoms with E-state index in [-0.39, 0.29) is 18.2 Å². The van der Waals surface area contributed by atoms with Gasteiger partial charge in [-0.05, 0) is 38.2 Å². The number of ether oxygens (including phenoxy) is 1. The number of rotatable bonds is 5. The van der Waals surface area contributed by atoms with Crippen molar-refractivity contribution in [1.29, 1.82) is 0 Å². The Labute approximate surface area is 132 Å². The van der Waals surface area contributed by atoms with Crippen LogP contribution in [-0.4, -0.2) is 38.0 Å². The highest BCUT2D eigenvalue weighted by molar-refractivity contribution is 7.87. The Hall–Kier alpha value is -0.950. The quantitative estimate of drug-likeness (QED) is 0.902. The molecule has 0 bridgehead atoms. The third kappa shape index (κ3) is 3.68. The van der Waals surface area contributed by atoms with E-state index in [4.69, 9.17) is 4.74 Å². The first-order chi connectivity index (χ1) is 10.5. The SMILES string of the molecule is CC1CN(S(=O)(=O)NC(c2ccccc2)C2CC2)CC(C)O1. The predicted octanol–water partition coefficient (Wildman–Crippen LogP) is 2.08. The third-order valence-electron chi connectivity index (χ3n) is 4.25. The minimum atomic E-state index is -3.50. The van der Waals surface area contributed by atoms with Crippen molar-refractivity contribution in [2.45, 2.75) is 44.9 Å². The highest BCUT2D eigenvalue weighted by Crippen LogP contribution is 2.41. The van der Waals surface area contributed by atoms with E-state index in [1.165, 1.54) is 4.31 Å². The lowest BCUT2D eigenvalue weighted by Crippen LogP contribution is -2.52. The highest BCUT2D eigenvalue weighted by Gasteiger charge is 2.38. The van der Waals surface area contributed by atoms with Gasteiger partial charge in [-0.15, -0.1) is 0 Å². The maximum absolute atomic E-state index is 12.8. The molecule has 1 saturated carbocycles. The molecule has 1 heterocycles. The van der Waals surface area contributed by atoms with Crippen molar-refractivity contribution in [3.63, 3.8) is 0 Å². The van der Waals surface area contributed by atoms with E-state index >= 15 is 0 Å². The van der Waals surface area contributed by atoms with Crippen molar-refractivity contribution in [1.82, 2.24) is 9.03 Å². The molecule has 1 aromatic rings. The van der Waals surface area contributed by atoms with Gasteiger partial charge in [0.2, 0.25) is 0 Å². The van der Waals surface area contributed by atoms with E-state index in [1.807, 2.05) is 44.2 Å². The van der Waals surface area contributed by atoms with Crippen LogP contribution in [0.15, 0.2) is 30.3 Å². The lowest BCUT2D eigenvalue weighted by molar-refractivity contribution is -0.0444. The van der Waals surface area contributed by atoms with Crippen LogP contribution in [0.1, 0.15) is 38.3 Å². The molecule has 2 aliphatic rings. The molecule has 0 radical (unpaired) electrons. The minimum absolute atomic E-state index is 0.0728. The van der Waals surface area contributed by atoms with Crippen molar-refractivity contribution in [3.8, 4) is 0 Å². The summed E-state index contributed by atoms with van der Waals surface area (Å²) in [5, 5.41) is 0. The largest absolute Gasteiger partial charge is 0.373 e. The van der Waals surface area contributed by atoms with Gasteiger partial charge in [0.05, 0.1) is 18.2 Å². The standard InChI is InChI=1S/C16H24N2O3S/c1-12-10-18(11-13(2)21-12)22(19,20)17-16(15-8-9-15)14-6-4-3-5-7-14/h3-7,12-13,15-17H,8-11H2,1-2H3. The fraction of sp³-hybridized carbons (Fsp3) is 0.625. The number of nitrogens with zero attached hydrogens (tertiary/aromatic N) is 1. The fourth-order valence-corrected chi connectivity index (χ4v) is 4.70. The number of hydrogen-bond acceptors (Lipinski definition) is 3. The Morgan fingerprint density at radius 1 is 1.14 bits per heavy atom. The molecule has 1 aliphatic carbocycles. The van der Waals surface area contributed by atoms with Crippen LogP contribution >= 0.6 is 0 Å². The van der Waals surface area contributed by atoms with Crippen molar-refractivity contribution < 1.29 is 13.2 Å². The van der Waals surface area contributed by atoms with E-state index in [0.29, 0.717) is 19.0 Å². The van der Waals surface area contributed by atoms with Crippen LogP contribution in [-0.2, 0) is 14.9 Å². The summed E-state index contributed by atoms with van der Waals surface area (Å²) in [5.41, 5.74) is 1.04. The highest BCUT2D eigenvalue weighted by atomic mass is 32.2. The van der Waals surface area contributed by atoms with E-state index in [9.17, 15) is 8.42 Å². The molecule has 1 N–H and O–H groups in total. The summed E-state index contributed by atoms with van der Waals surface area (Å²) in [7, 11) is -3.50. The monoisotopic (exact) mass is 324 g/mol. The molecule has 22 heavy (non-hydrogen) atoms. The zero-order chi connectivity index (χ0) is 15.7. The molecule has 122 valence electrons. The molecule has 0 aromatic heterocycles. The summed E-state index contributed by atoms with van der Waals surface area (Å²) in [6, 6.07) is 9.73. The Bertz CT molecular complexity index is 591. The zero-order valence-electron chi connectivity index (χ0n) is 13.1. The number of benzene rings is 1. The molecule has 3 rings (SSSR count). The minimum Gasteiger partial charge on any atom is -0.373 e. The molecule has 3 unspecified atom stereocenters. The van der Waals surface area contributed by atoms with Crippen molar-refractivity contribution >= 4 is 10.2 Å². The van der Waals surface area contributed by atoms with Crippen LogP contribution in [0.25, 0.3) is 0 Å². The number of hydrogen-bond donors (Lipinski definition) is 1. The van der Waals surface area contributed by atoms with Crippen molar-refractivity contribution in [2.24, 2.45) is 5.92 Å². The summed E-state index contributed by atoms with van der Waals surface area (Å²) in [6.45, 7) is 4.64. The molecule has 1 saturated heterocycles. The van der Waals surface area contributed by atoms with Gasteiger partial charge in [-0.1, -0.05) is 30.3 Å². The zero-order valence-corrected chi connectivity index (χ0v) is 13.9. The maximum atomic E-state index is 12.8. The van der Waals surface area contributed by atoms with Gasteiger partial charge in [0.15, 0.2) is 0 Å². The molecule has 1 aliphatic heterocycles. The van der Waals surface area contributed by atoms with Crippen molar-refractivity contribution in [3.05, 3.63) is 35.9 Å². The lowest BCUT2D eigenvalue weighted by atomic mass is 10.0. The molecule has 6 heteroatoms. The van der Waals surface area contributed by atoms with Crippen LogP contribution in [0.5, 0.6) is 0 Å². The summed E-state index contributed by atoms with van der Waals surface area (Å²) < 4.78 is 35.6. The average molecular weight is 324 g/mol. The van der Waals surface area contributed by atoms with Gasteiger partial charge < -0.3 is 4.74 Å². The molecule has 3 atom stereocenters. The molecule has 2 fully saturated rings. The van der Waals surface area contributed by atoms with Gasteiger partial charge >= 0.3 is 0 Å². The molecule has 5 nitrogen and oxygen atoms in total. The smallest absolute Gasteiger partial charge is 0.280 e. The Morgan fingerprint density at radius 3 is 2.27 bits per heavy atom. The van der Waals surface area contributed by atoms with Crippen LogP contribution in [0.2, 0.25) is 0 Å². The summed E-state index contributed by atoms with van der Waals surface area (Å²) in [5.74, 6) is 0.410. The van der Waals surface area contributed by atoms with Crippen LogP contribution in [0.3, 0.4) is 0 Å². The first-order valence-corrected chi connectivity index (χ1v) is 9.37. The first-order valence-electron chi connectivity index (χ1n) is 7.93. The molecular weight excluding hydrogens is 300 g/mol. The molecule has 0 amide bonds.